The quantitative estimate of drug-likeness (QED) is 0.528. The normalized spacial score (nSPS) is 28.9. The highest BCUT2D eigenvalue weighted by molar-refractivity contribution is 4.82. The summed E-state index contributed by atoms with van der Waals surface area (Å²) in [5.74, 6) is 0. The fourth-order valence-corrected chi connectivity index (χ4v) is 1.72. The van der Waals surface area contributed by atoms with Crippen LogP contribution < -0.4 is 0 Å². The Hall–Kier alpha value is -0.0800. The topological polar surface area (TPSA) is 12.5 Å². The van der Waals surface area contributed by atoms with E-state index in [1.807, 2.05) is 0 Å². The van der Waals surface area contributed by atoms with Gasteiger partial charge in [-0.1, -0.05) is 0 Å². The Kier molecular flexibility index (Phi) is 2.55. The minimum absolute atomic E-state index is 0.295. The first-order chi connectivity index (χ1) is 5.02. The lowest BCUT2D eigenvalue weighted by Crippen LogP contribution is -2.53. The van der Waals surface area contributed by atoms with Gasteiger partial charge < -0.3 is 4.74 Å². The molecule has 0 bridgehead atoms. The molecule has 2 nitrogen and oxygen atoms in total. The monoisotopic (exact) mass is 157 g/mol. The van der Waals surface area contributed by atoms with Crippen LogP contribution in [-0.4, -0.2) is 36.2 Å². The Morgan fingerprint density at radius 3 is 2.36 bits per heavy atom. The van der Waals surface area contributed by atoms with Gasteiger partial charge in [-0.25, -0.2) is 0 Å². The van der Waals surface area contributed by atoms with E-state index in [1.54, 1.807) is 0 Å². The summed E-state index contributed by atoms with van der Waals surface area (Å²) < 4.78 is 5.37. The van der Waals surface area contributed by atoms with Gasteiger partial charge in [0.2, 0.25) is 0 Å². The Bertz CT molecular complexity index is 128. The first-order valence-electron chi connectivity index (χ1n) is 4.36. The highest BCUT2D eigenvalue weighted by atomic mass is 16.5. The van der Waals surface area contributed by atoms with Crippen LogP contribution in [0.5, 0.6) is 0 Å². The summed E-state index contributed by atoms with van der Waals surface area (Å²) in [6.45, 7) is 11.9. The van der Waals surface area contributed by atoms with Crippen LogP contribution in [0, 0.1) is 0 Å². The molecule has 0 spiro atoms. The highest BCUT2D eigenvalue weighted by Crippen LogP contribution is 2.18. The third-order valence-electron chi connectivity index (χ3n) is 2.23. The molecule has 1 rings (SSSR count). The molecule has 1 heterocycles. The van der Waals surface area contributed by atoms with E-state index in [0.717, 1.165) is 19.8 Å². The number of morpholine rings is 1. The van der Waals surface area contributed by atoms with Gasteiger partial charge in [0.15, 0.2) is 0 Å². The van der Waals surface area contributed by atoms with E-state index in [9.17, 15) is 0 Å². The summed E-state index contributed by atoms with van der Waals surface area (Å²) >= 11 is 0. The lowest BCUT2D eigenvalue weighted by atomic mass is 10.0. The summed E-state index contributed by atoms with van der Waals surface area (Å²) in [6, 6.07) is 0.573. The molecule has 1 fully saturated rings. The lowest BCUT2D eigenvalue weighted by molar-refractivity contribution is -0.0421. The van der Waals surface area contributed by atoms with Crippen LogP contribution in [-0.2, 0) is 4.74 Å². The van der Waals surface area contributed by atoms with E-state index >= 15 is 0 Å². The zero-order valence-corrected chi connectivity index (χ0v) is 8.05. The van der Waals surface area contributed by atoms with Gasteiger partial charge in [-0.2, -0.15) is 0 Å². The Morgan fingerprint density at radius 2 is 2.00 bits per heavy atom. The van der Waals surface area contributed by atoms with E-state index in [-0.39, 0.29) is 0 Å². The number of hydrogen-bond acceptors (Lipinski definition) is 2. The Morgan fingerprint density at radius 1 is 1.36 bits per heavy atom. The second-order valence-electron chi connectivity index (χ2n) is 4.29. The van der Waals surface area contributed by atoms with Crippen molar-refractivity contribution in [1.29, 1.82) is 0 Å². The SMILES string of the molecule is C[C@@H]1COCCN1C(C)(C)C. The number of ether oxygens (including phenoxy) is 1. The van der Waals surface area contributed by atoms with Gasteiger partial charge in [0.25, 0.3) is 0 Å². The van der Waals surface area contributed by atoms with E-state index in [2.05, 4.69) is 32.6 Å². The van der Waals surface area contributed by atoms with Gasteiger partial charge in [0.1, 0.15) is 0 Å². The first-order valence-corrected chi connectivity index (χ1v) is 4.36. The molecule has 1 aliphatic heterocycles. The molecule has 0 aromatic carbocycles. The highest BCUT2D eigenvalue weighted by Gasteiger charge is 2.28. The van der Waals surface area contributed by atoms with Gasteiger partial charge in [-0.05, 0) is 27.7 Å². The summed E-state index contributed by atoms with van der Waals surface area (Å²) in [4.78, 5) is 2.50. The second kappa shape index (κ2) is 3.11. The smallest absolute Gasteiger partial charge is 0.0620 e. The molecular formula is C9H19NO. The summed E-state index contributed by atoms with van der Waals surface area (Å²) in [7, 11) is 0. The summed E-state index contributed by atoms with van der Waals surface area (Å²) in [6.07, 6.45) is 0. The molecule has 11 heavy (non-hydrogen) atoms. The van der Waals surface area contributed by atoms with Crippen molar-refractivity contribution < 1.29 is 4.74 Å². The molecule has 1 saturated heterocycles. The van der Waals surface area contributed by atoms with Crippen LogP contribution in [0.4, 0.5) is 0 Å². The third kappa shape index (κ3) is 2.17. The molecule has 0 aromatic rings. The van der Waals surface area contributed by atoms with Gasteiger partial charge in [0, 0.05) is 18.1 Å². The van der Waals surface area contributed by atoms with Crippen LogP contribution in [0.15, 0.2) is 0 Å². The Labute approximate surface area is 69.5 Å². The molecule has 0 saturated carbocycles. The third-order valence-corrected chi connectivity index (χ3v) is 2.23. The number of nitrogens with zero attached hydrogens (tertiary/aromatic N) is 1. The molecule has 1 atom stereocenters. The lowest BCUT2D eigenvalue weighted by Gasteiger charge is -2.42. The van der Waals surface area contributed by atoms with Crippen molar-refractivity contribution >= 4 is 0 Å². The fraction of sp³-hybridized carbons (Fsp3) is 1.00. The van der Waals surface area contributed by atoms with E-state index < -0.39 is 0 Å². The summed E-state index contributed by atoms with van der Waals surface area (Å²) in [5.41, 5.74) is 0.295. The predicted molar refractivity (Wildman–Crippen MR) is 46.7 cm³/mol. The van der Waals surface area contributed by atoms with Gasteiger partial charge in [0.05, 0.1) is 13.2 Å². The largest absolute Gasteiger partial charge is 0.379 e. The second-order valence-corrected chi connectivity index (χ2v) is 4.29. The van der Waals surface area contributed by atoms with E-state index in [4.69, 9.17) is 4.74 Å². The maximum Gasteiger partial charge on any atom is 0.0620 e. The van der Waals surface area contributed by atoms with E-state index in [0.29, 0.717) is 11.6 Å². The molecule has 0 amide bonds. The average molecular weight is 157 g/mol. The maximum absolute atomic E-state index is 5.37. The first kappa shape index (κ1) is 9.01. The van der Waals surface area contributed by atoms with Gasteiger partial charge in [-0.3, -0.25) is 4.90 Å². The van der Waals surface area contributed by atoms with Gasteiger partial charge >= 0.3 is 0 Å². The zero-order chi connectivity index (χ0) is 8.48. The Balaban J connectivity index is 2.55. The molecule has 0 aliphatic carbocycles. The van der Waals surface area contributed by atoms with Crippen molar-refractivity contribution in [1.82, 2.24) is 4.90 Å². The van der Waals surface area contributed by atoms with Gasteiger partial charge in [-0.15, -0.1) is 0 Å². The maximum atomic E-state index is 5.37. The van der Waals surface area contributed by atoms with Crippen molar-refractivity contribution in [2.75, 3.05) is 19.8 Å². The number of hydrogen-bond donors (Lipinski definition) is 0. The summed E-state index contributed by atoms with van der Waals surface area (Å²) in [5, 5.41) is 0. The molecular weight excluding hydrogens is 138 g/mol. The molecule has 0 aromatic heterocycles. The van der Waals surface area contributed by atoms with Crippen molar-refractivity contribution in [2.24, 2.45) is 0 Å². The zero-order valence-electron chi connectivity index (χ0n) is 8.05. The van der Waals surface area contributed by atoms with Crippen LogP contribution in [0.1, 0.15) is 27.7 Å². The minimum atomic E-state index is 0.295. The number of rotatable bonds is 0. The van der Waals surface area contributed by atoms with Crippen LogP contribution >= 0.6 is 0 Å². The molecule has 0 radical (unpaired) electrons. The van der Waals surface area contributed by atoms with E-state index in [1.165, 1.54) is 0 Å². The standard InChI is InChI=1S/C9H19NO/c1-8-7-11-6-5-10(8)9(2,3)4/h8H,5-7H2,1-4H3/t8-/m1/s1. The van der Waals surface area contributed by atoms with Crippen molar-refractivity contribution in [2.45, 2.75) is 39.3 Å². The van der Waals surface area contributed by atoms with Crippen molar-refractivity contribution in [3.8, 4) is 0 Å². The minimum Gasteiger partial charge on any atom is -0.379 e. The molecule has 66 valence electrons. The van der Waals surface area contributed by atoms with Crippen molar-refractivity contribution in [3.63, 3.8) is 0 Å². The van der Waals surface area contributed by atoms with Crippen LogP contribution in [0.3, 0.4) is 0 Å². The molecule has 2 heteroatoms. The van der Waals surface area contributed by atoms with Crippen molar-refractivity contribution in [3.05, 3.63) is 0 Å². The molecule has 0 N–H and O–H groups in total. The molecule has 0 unspecified atom stereocenters. The molecule has 1 aliphatic rings. The van der Waals surface area contributed by atoms with Crippen LogP contribution in [0.2, 0.25) is 0 Å². The predicted octanol–water partition coefficient (Wildman–Crippen LogP) is 1.51. The van der Waals surface area contributed by atoms with Crippen LogP contribution in [0.25, 0.3) is 0 Å². The average Bonchev–Trinajstić information content (AvgIpc) is 1.86. The fourth-order valence-electron chi connectivity index (χ4n) is 1.72.